The zero-order valence-corrected chi connectivity index (χ0v) is 10.7. The molecule has 0 fully saturated rings. The van der Waals surface area contributed by atoms with Gasteiger partial charge in [-0.05, 0) is 31.2 Å². The maximum Gasteiger partial charge on any atom is 0.338 e. The Labute approximate surface area is 107 Å². The molecule has 0 aromatic heterocycles. The summed E-state index contributed by atoms with van der Waals surface area (Å²) < 4.78 is 10.3. The van der Waals surface area contributed by atoms with Crippen molar-refractivity contribution < 1.29 is 14.3 Å². The molecule has 17 heavy (non-hydrogen) atoms. The Morgan fingerprint density at radius 3 is 2.59 bits per heavy atom. The van der Waals surface area contributed by atoms with E-state index in [1.807, 2.05) is 12.2 Å². The van der Waals surface area contributed by atoms with E-state index in [2.05, 4.69) is 12.6 Å². The molecular weight excluding hydrogens is 236 g/mol. The van der Waals surface area contributed by atoms with Gasteiger partial charge in [0.25, 0.3) is 0 Å². The van der Waals surface area contributed by atoms with Gasteiger partial charge in [-0.15, -0.1) is 0 Å². The summed E-state index contributed by atoms with van der Waals surface area (Å²) in [6, 6.07) is 6.88. The van der Waals surface area contributed by atoms with Crippen LogP contribution in [0.5, 0.6) is 5.75 Å². The number of thiol groups is 1. The van der Waals surface area contributed by atoms with Crippen molar-refractivity contribution in [2.24, 2.45) is 0 Å². The normalized spacial score (nSPS) is 10.5. The molecule has 0 saturated carbocycles. The average molecular weight is 252 g/mol. The molecule has 0 spiro atoms. The average Bonchev–Trinajstić information content (AvgIpc) is 2.36. The summed E-state index contributed by atoms with van der Waals surface area (Å²) in [5, 5.41) is 0. The van der Waals surface area contributed by atoms with Gasteiger partial charge in [-0.25, -0.2) is 4.79 Å². The molecule has 0 aliphatic rings. The maximum atomic E-state index is 11.4. The molecule has 3 nitrogen and oxygen atoms in total. The number of carbonyl (C=O) groups excluding carboxylic acids is 1. The predicted molar refractivity (Wildman–Crippen MR) is 70.9 cm³/mol. The SMILES string of the molecule is CCOC(=O)c1ccc(OCC=CCS)cc1. The molecule has 0 amide bonds. The van der Waals surface area contributed by atoms with Crippen LogP contribution in [0.4, 0.5) is 0 Å². The molecule has 0 N–H and O–H groups in total. The van der Waals surface area contributed by atoms with Crippen LogP contribution in [0.2, 0.25) is 0 Å². The summed E-state index contributed by atoms with van der Waals surface area (Å²) in [4.78, 5) is 11.4. The van der Waals surface area contributed by atoms with Crippen LogP contribution < -0.4 is 4.74 Å². The molecule has 0 atom stereocenters. The Morgan fingerprint density at radius 1 is 1.29 bits per heavy atom. The van der Waals surface area contributed by atoms with Gasteiger partial charge in [0.05, 0.1) is 12.2 Å². The third-order valence-corrected chi connectivity index (χ3v) is 2.19. The van der Waals surface area contributed by atoms with Gasteiger partial charge in [0.2, 0.25) is 0 Å². The van der Waals surface area contributed by atoms with E-state index in [1.165, 1.54) is 0 Å². The maximum absolute atomic E-state index is 11.4. The Bertz CT molecular complexity index is 371. The summed E-state index contributed by atoms with van der Waals surface area (Å²) in [6.45, 7) is 2.66. The van der Waals surface area contributed by atoms with Crippen molar-refractivity contribution in [2.75, 3.05) is 19.0 Å². The molecule has 0 aliphatic carbocycles. The summed E-state index contributed by atoms with van der Waals surface area (Å²) >= 11 is 4.04. The second kappa shape index (κ2) is 7.79. The summed E-state index contributed by atoms with van der Waals surface area (Å²) in [5.41, 5.74) is 0.533. The van der Waals surface area contributed by atoms with Crippen molar-refractivity contribution in [3.05, 3.63) is 42.0 Å². The molecule has 1 rings (SSSR count). The minimum Gasteiger partial charge on any atom is -0.490 e. The first-order chi connectivity index (χ1) is 8.27. The number of ether oxygens (including phenoxy) is 2. The first-order valence-corrected chi connectivity index (χ1v) is 6.07. The van der Waals surface area contributed by atoms with Crippen LogP contribution in [0.25, 0.3) is 0 Å². The molecule has 0 unspecified atom stereocenters. The van der Waals surface area contributed by atoms with Crippen LogP contribution in [-0.2, 0) is 4.74 Å². The topological polar surface area (TPSA) is 35.5 Å². The zero-order valence-electron chi connectivity index (χ0n) is 9.76. The molecule has 1 aromatic rings. The quantitative estimate of drug-likeness (QED) is 0.480. The van der Waals surface area contributed by atoms with Crippen LogP contribution in [0.3, 0.4) is 0 Å². The number of benzene rings is 1. The number of carbonyl (C=O) groups is 1. The van der Waals surface area contributed by atoms with Crippen LogP contribution >= 0.6 is 12.6 Å². The highest BCUT2D eigenvalue weighted by Crippen LogP contribution is 2.12. The fourth-order valence-electron chi connectivity index (χ4n) is 1.19. The smallest absolute Gasteiger partial charge is 0.338 e. The van der Waals surface area contributed by atoms with E-state index < -0.39 is 0 Å². The lowest BCUT2D eigenvalue weighted by Gasteiger charge is -2.04. The van der Waals surface area contributed by atoms with Gasteiger partial charge >= 0.3 is 5.97 Å². The lowest BCUT2D eigenvalue weighted by molar-refractivity contribution is 0.0526. The van der Waals surface area contributed by atoms with E-state index >= 15 is 0 Å². The van der Waals surface area contributed by atoms with Crippen molar-refractivity contribution in [3.8, 4) is 5.75 Å². The predicted octanol–water partition coefficient (Wildman–Crippen LogP) is 2.73. The minimum absolute atomic E-state index is 0.311. The zero-order chi connectivity index (χ0) is 12.5. The van der Waals surface area contributed by atoms with Gasteiger partial charge in [-0.2, -0.15) is 12.6 Å². The Hall–Kier alpha value is -1.42. The summed E-state index contributed by atoms with van der Waals surface area (Å²) in [5.74, 6) is 1.11. The van der Waals surface area contributed by atoms with Crippen LogP contribution in [0.15, 0.2) is 36.4 Å². The van der Waals surface area contributed by atoms with E-state index in [1.54, 1.807) is 31.2 Å². The standard InChI is InChI=1S/C13H16O3S/c1-2-15-13(14)11-5-7-12(8-6-11)16-9-3-4-10-17/h3-8,17H,2,9-10H2,1H3. The third kappa shape index (κ3) is 4.95. The summed E-state index contributed by atoms with van der Waals surface area (Å²) in [7, 11) is 0. The lowest BCUT2D eigenvalue weighted by atomic mass is 10.2. The number of esters is 1. The van der Waals surface area contributed by atoms with E-state index in [0.717, 1.165) is 5.75 Å². The number of hydrogen-bond donors (Lipinski definition) is 1. The fraction of sp³-hybridized carbons (Fsp3) is 0.308. The molecule has 92 valence electrons. The highest BCUT2D eigenvalue weighted by molar-refractivity contribution is 7.80. The van der Waals surface area contributed by atoms with Gasteiger partial charge in [0, 0.05) is 5.75 Å². The van der Waals surface area contributed by atoms with Crippen molar-refractivity contribution in [1.29, 1.82) is 0 Å². The fourth-order valence-corrected chi connectivity index (χ4v) is 1.34. The van der Waals surface area contributed by atoms with E-state index in [-0.39, 0.29) is 5.97 Å². The molecule has 0 bridgehead atoms. The highest BCUT2D eigenvalue weighted by atomic mass is 32.1. The summed E-state index contributed by atoms with van der Waals surface area (Å²) in [6.07, 6.45) is 3.81. The van der Waals surface area contributed by atoms with E-state index in [0.29, 0.717) is 24.5 Å². The molecule has 0 aliphatic heterocycles. The Kier molecular flexibility index (Phi) is 6.25. The van der Waals surface area contributed by atoms with E-state index in [4.69, 9.17) is 9.47 Å². The van der Waals surface area contributed by atoms with E-state index in [9.17, 15) is 4.79 Å². The first kappa shape index (κ1) is 13.6. The van der Waals surface area contributed by atoms with Crippen LogP contribution in [-0.4, -0.2) is 24.9 Å². The lowest BCUT2D eigenvalue weighted by Crippen LogP contribution is -2.04. The Morgan fingerprint density at radius 2 is 2.00 bits per heavy atom. The second-order valence-corrected chi connectivity index (χ2v) is 3.57. The van der Waals surface area contributed by atoms with Gasteiger partial charge in [0.1, 0.15) is 12.4 Å². The van der Waals surface area contributed by atoms with Crippen LogP contribution in [0.1, 0.15) is 17.3 Å². The van der Waals surface area contributed by atoms with Crippen molar-refractivity contribution >= 4 is 18.6 Å². The largest absolute Gasteiger partial charge is 0.490 e. The number of rotatable bonds is 6. The molecule has 0 heterocycles. The molecule has 0 saturated heterocycles. The first-order valence-electron chi connectivity index (χ1n) is 5.43. The molecule has 0 radical (unpaired) electrons. The van der Waals surface area contributed by atoms with Crippen LogP contribution in [0, 0.1) is 0 Å². The highest BCUT2D eigenvalue weighted by Gasteiger charge is 2.05. The van der Waals surface area contributed by atoms with Crippen molar-refractivity contribution in [2.45, 2.75) is 6.92 Å². The van der Waals surface area contributed by atoms with Crippen molar-refractivity contribution in [1.82, 2.24) is 0 Å². The molecular formula is C13H16O3S. The van der Waals surface area contributed by atoms with Gasteiger partial charge in [-0.3, -0.25) is 0 Å². The minimum atomic E-state index is -0.311. The van der Waals surface area contributed by atoms with Gasteiger partial charge < -0.3 is 9.47 Å². The molecule has 4 heteroatoms. The van der Waals surface area contributed by atoms with Gasteiger partial charge in [0.15, 0.2) is 0 Å². The van der Waals surface area contributed by atoms with Gasteiger partial charge in [-0.1, -0.05) is 12.2 Å². The molecule has 1 aromatic carbocycles. The number of hydrogen-bond acceptors (Lipinski definition) is 4. The van der Waals surface area contributed by atoms with Crippen molar-refractivity contribution in [3.63, 3.8) is 0 Å². The monoisotopic (exact) mass is 252 g/mol. The Balaban J connectivity index is 2.50. The third-order valence-electron chi connectivity index (χ3n) is 1.98. The second-order valence-electron chi connectivity index (χ2n) is 3.21.